The highest BCUT2D eigenvalue weighted by Crippen LogP contribution is 2.28. The first-order valence-corrected chi connectivity index (χ1v) is 7.14. The number of halogens is 2. The highest BCUT2D eigenvalue weighted by Gasteiger charge is 2.13. The van der Waals surface area contributed by atoms with Gasteiger partial charge in [0.15, 0.2) is 0 Å². The third-order valence-corrected chi connectivity index (χ3v) is 4.10. The van der Waals surface area contributed by atoms with Crippen molar-refractivity contribution >= 4 is 26.7 Å². The molecule has 0 saturated heterocycles. The fraction of sp³-hybridized carbons (Fsp3) is 0.0588. The molecule has 3 aromatic carbocycles. The Morgan fingerprint density at radius 3 is 2.50 bits per heavy atom. The van der Waals surface area contributed by atoms with Gasteiger partial charge in [0, 0.05) is 0 Å². The number of fused-ring (bicyclic) bond motifs is 1. The SMILES string of the molecule is NC(c1ccc(Br)c(F)c1)c1cccc2ccccc12. The third kappa shape index (κ3) is 2.35. The van der Waals surface area contributed by atoms with Crippen molar-refractivity contribution in [2.75, 3.05) is 0 Å². The quantitative estimate of drug-likeness (QED) is 0.718. The van der Waals surface area contributed by atoms with Crippen LogP contribution >= 0.6 is 15.9 Å². The van der Waals surface area contributed by atoms with Crippen LogP contribution in [0.3, 0.4) is 0 Å². The van der Waals surface area contributed by atoms with Crippen LogP contribution in [0.2, 0.25) is 0 Å². The van der Waals surface area contributed by atoms with Crippen molar-refractivity contribution in [2.24, 2.45) is 5.73 Å². The molecule has 0 aromatic heterocycles. The van der Waals surface area contributed by atoms with Crippen LogP contribution in [-0.4, -0.2) is 0 Å². The van der Waals surface area contributed by atoms with Crippen LogP contribution in [-0.2, 0) is 0 Å². The van der Waals surface area contributed by atoms with Gasteiger partial charge in [0.1, 0.15) is 5.82 Å². The van der Waals surface area contributed by atoms with Crippen molar-refractivity contribution in [3.05, 3.63) is 82.1 Å². The Balaban J connectivity index is 2.12. The van der Waals surface area contributed by atoms with Crippen molar-refractivity contribution in [1.29, 1.82) is 0 Å². The van der Waals surface area contributed by atoms with E-state index in [0.717, 1.165) is 21.9 Å². The third-order valence-electron chi connectivity index (χ3n) is 3.46. The molecule has 1 unspecified atom stereocenters. The number of hydrogen-bond acceptors (Lipinski definition) is 1. The first-order valence-electron chi connectivity index (χ1n) is 6.35. The van der Waals surface area contributed by atoms with Gasteiger partial charge >= 0.3 is 0 Å². The maximum absolute atomic E-state index is 13.7. The number of nitrogens with two attached hydrogens (primary N) is 1. The molecule has 0 bridgehead atoms. The molecule has 0 fully saturated rings. The van der Waals surface area contributed by atoms with Crippen molar-refractivity contribution in [3.63, 3.8) is 0 Å². The van der Waals surface area contributed by atoms with Crippen LogP contribution in [0.15, 0.2) is 65.1 Å². The zero-order valence-electron chi connectivity index (χ0n) is 10.7. The van der Waals surface area contributed by atoms with Gasteiger partial charge in [0.05, 0.1) is 10.5 Å². The van der Waals surface area contributed by atoms with Gasteiger partial charge in [-0.3, -0.25) is 0 Å². The van der Waals surface area contributed by atoms with Gasteiger partial charge in [0.25, 0.3) is 0 Å². The Kier molecular flexibility index (Phi) is 3.55. The number of rotatable bonds is 2. The average Bonchev–Trinajstić information content (AvgIpc) is 2.49. The highest BCUT2D eigenvalue weighted by molar-refractivity contribution is 9.10. The van der Waals surface area contributed by atoms with Crippen LogP contribution in [0.1, 0.15) is 17.2 Å². The predicted molar refractivity (Wildman–Crippen MR) is 84.1 cm³/mol. The molecule has 0 amide bonds. The van der Waals surface area contributed by atoms with E-state index >= 15 is 0 Å². The van der Waals surface area contributed by atoms with E-state index in [1.165, 1.54) is 6.07 Å². The summed E-state index contributed by atoms with van der Waals surface area (Å²) in [6, 6.07) is 18.8. The second-order valence-electron chi connectivity index (χ2n) is 4.72. The normalized spacial score (nSPS) is 12.6. The molecule has 0 radical (unpaired) electrons. The number of benzene rings is 3. The lowest BCUT2D eigenvalue weighted by atomic mass is 9.94. The summed E-state index contributed by atoms with van der Waals surface area (Å²) in [5, 5.41) is 2.24. The van der Waals surface area contributed by atoms with Gasteiger partial charge in [0.2, 0.25) is 0 Å². The molecule has 0 aliphatic rings. The molecular formula is C17H13BrFN. The lowest BCUT2D eigenvalue weighted by Crippen LogP contribution is -2.12. The van der Waals surface area contributed by atoms with Crippen LogP contribution in [0, 0.1) is 5.82 Å². The van der Waals surface area contributed by atoms with Gasteiger partial charge in [-0.15, -0.1) is 0 Å². The maximum atomic E-state index is 13.7. The summed E-state index contributed by atoms with van der Waals surface area (Å²) in [5.74, 6) is -0.293. The van der Waals surface area contributed by atoms with Crippen LogP contribution in [0.25, 0.3) is 10.8 Å². The minimum absolute atomic E-state index is 0.293. The Labute approximate surface area is 125 Å². The zero-order valence-corrected chi connectivity index (χ0v) is 12.3. The van der Waals surface area contributed by atoms with E-state index in [2.05, 4.69) is 15.9 Å². The standard InChI is InChI=1S/C17H13BrFN/c18-15-9-8-12(10-16(15)19)17(20)14-7-3-5-11-4-1-2-6-13(11)14/h1-10,17H,20H2. The summed E-state index contributed by atoms with van der Waals surface area (Å²) in [6.07, 6.45) is 0. The first kappa shape index (κ1) is 13.3. The van der Waals surface area contributed by atoms with Gasteiger partial charge in [-0.05, 0) is 50.0 Å². The van der Waals surface area contributed by atoms with Crippen molar-refractivity contribution in [3.8, 4) is 0 Å². The monoisotopic (exact) mass is 329 g/mol. The fourth-order valence-corrected chi connectivity index (χ4v) is 2.65. The van der Waals surface area contributed by atoms with E-state index in [0.29, 0.717) is 4.47 Å². The topological polar surface area (TPSA) is 26.0 Å². The van der Waals surface area contributed by atoms with Crippen LogP contribution in [0.5, 0.6) is 0 Å². The summed E-state index contributed by atoms with van der Waals surface area (Å²) < 4.78 is 14.1. The second-order valence-corrected chi connectivity index (χ2v) is 5.57. The predicted octanol–water partition coefficient (Wildman–Crippen LogP) is 4.79. The molecule has 20 heavy (non-hydrogen) atoms. The molecule has 3 rings (SSSR count). The second kappa shape index (κ2) is 5.35. The Hall–Kier alpha value is -1.71. The Morgan fingerprint density at radius 1 is 0.950 bits per heavy atom. The van der Waals surface area contributed by atoms with Gasteiger partial charge in [-0.2, -0.15) is 0 Å². The lowest BCUT2D eigenvalue weighted by molar-refractivity contribution is 0.617. The van der Waals surface area contributed by atoms with E-state index in [9.17, 15) is 4.39 Å². The molecule has 0 aliphatic heterocycles. The summed E-state index contributed by atoms with van der Waals surface area (Å²) in [5.41, 5.74) is 8.09. The minimum Gasteiger partial charge on any atom is -0.320 e. The molecule has 100 valence electrons. The van der Waals surface area contributed by atoms with Gasteiger partial charge in [-0.25, -0.2) is 4.39 Å². The van der Waals surface area contributed by atoms with E-state index < -0.39 is 0 Å². The first-order chi connectivity index (χ1) is 9.66. The Morgan fingerprint density at radius 2 is 1.70 bits per heavy atom. The lowest BCUT2D eigenvalue weighted by Gasteiger charge is -2.15. The van der Waals surface area contributed by atoms with Crippen LogP contribution in [0.4, 0.5) is 4.39 Å². The van der Waals surface area contributed by atoms with Crippen molar-refractivity contribution < 1.29 is 4.39 Å². The van der Waals surface area contributed by atoms with Crippen molar-refractivity contribution in [2.45, 2.75) is 6.04 Å². The molecule has 0 aliphatic carbocycles. The molecule has 3 aromatic rings. The van der Waals surface area contributed by atoms with E-state index in [1.807, 2.05) is 48.5 Å². The van der Waals surface area contributed by atoms with E-state index in [4.69, 9.17) is 5.73 Å². The highest BCUT2D eigenvalue weighted by atomic mass is 79.9. The zero-order chi connectivity index (χ0) is 14.1. The molecule has 1 nitrogen and oxygen atoms in total. The Bertz CT molecular complexity index is 765. The maximum Gasteiger partial charge on any atom is 0.137 e. The molecule has 0 saturated carbocycles. The number of hydrogen-bond donors (Lipinski definition) is 1. The molecule has 0 heterocycles. The molecular weight excluding hydrogens is 317 g/mol. The molecule has 1 atom stereocenters. The molecule has 2 N–H and O–H groups in total. The summed E-state index contributed by atoms with van der Waals surface area (Å²) in [6.45, 7) is 0. The van der Waals surface area contributed by atoms with Crippen LogP contribution < -0.4 is 5.73 Å². The van der Waals surface area contributed by atoms with Gasteiger partial charge in [-0.1, -0.05) is 48.5 Å². The van der Waals surface area contributed by atoms with Gasteiger partial charge < -0.3 is 5.73 Å². The van der Waals surface area contributed by atoms with E-state index in [1.54, 1.807) is 6.07 Å². The molecule has 0 spiro atoms. The summed E-state index contributed by atoms with van der Waals surface area (Å²) in [4.78, 5) is 0. The average molecular weight is 330 g/mol. The summed E-state index contributed by atoms with van der Waals surface area (Å²) >= 11 is 3.16. The van der Waals surface area contributed by atoms with Crippen molar-refractivity contribution in [1.82, 2.24) is 0 Å². The largest absolute Gasteiger partial charge is 0.320 e. The minimum atomic E-state index is -0.344. The smallest absolute Gasteiger partial charge is 0.137 e. The molecule has 3 heteroatoms. The van der Waals surface area contributed by atoms with E-state index in [-0.39, 0.29) is 11.9 Å². The summed E-state index contributed by atoms with van der Waals surface area (Å²) in [7, 11) is 0. The fourth-order valence-electron chi connectivity index (χ4n) is 2.41.